The van der Waals surface area contributed by atoms with Gasteiger partial charge in [0.1, 0.15) is 11.2 Å². The fourth-order valence-corrected chi connectivity index (χ4v) is 6.53. The number of thiophene rings is 1. The number of nitrogens with zero attached hydrogens (tertiary/aromatic N) is 4. The highest BCUT2D eigenvalue weighted by atomic mass is 32.1. The summed E-state index contributed by atoms with van der Waals surface area (Å²) in [5.74, 6) is 0. The summed E-state index contributed by atoms with van der Waals surface area (Å²) in [4.78, 5) is 0. The molecule has 0 bridgehead atoms. The molecule has 0 fully saturated rings. The highest BCUT2D eigenvalue weighted by Crippen LogP contribution is 2.36. The largest absolute Gasteiger partial charge is 0.456 e. The molecule has 0 aliphatic carbocycles. The Labute approximate surface area is 228 Å². The number of benzene rings is 4. The summed E-state index contributed by atoms with van der Waals surface area (Å²) in [7, 11) is 0. The number of fused-ring (bicyclic) bond motifs is 6. The second-order valence-electron chi connectivity index (χ2n) is 10.5. The van der Waals surface area contributed by atoms with E-state index in [1.54, 1.807) is 0 Å². The van der Waals surface area contributed by atoms with Crippen LogP contribution in [0.3, 0.4) is 0 Å². The molecular weight excluding hydrogens is 500 g/mol. The summed E-state index contributed by atoms with van der Waals surface area (Å²) in [6.07, 6.45) is 4.06. The van der Waals surface area contributed by atoms with Crippen molar-refractivity contribution in [3.8, 4) is 11.4 Å². The molecule has 0 N–H and O–H groups in total. The van der Waals surface area contributed by atoms with Gasteiger partial charge in [0.15, 0.2) is 0 Å². The Morgan fingerprint density at radius 2 is 1.18 bits per heavy atom. The quantitative estimate of drug-likeness (QED) is 0.231. The topological polar surface area (TPSA) is 48.8 Å². The summed E-state index contributed by atoms with van der Waals surface area (Å²) < 4.78 is 12.5. The number of hydrogen-bond donors (Lipinski definition) is 0. The van der Waals surface area contributed by atoms with Crippen molar-refractivity contribution >= 4 is 53.4 Å². The Hall–Kier alpha value is -4.68. The molecule has 0 aliphatic heterocycles. The Kier molecular flexibility index (Phi) is 4.67. The molecule has 4 aromatic carbocycles. The lowest BCUT2D eigenvalue weighted by molar-refractivity contribution is 0.576. The van der Waals surface area contributed by atoms with Crippen molar-refractivity contribution in [3.05, 3.63) is 121 Å². The second-order valence-corrected chi connectivity index (χ2v) is 11.6. The average Bonchev–Trinajstić information content (AvgIpc) is 3.76. The molecule has 0 saturated carbocycles. The van der Waals surface area contributed by atoms with Crippen LogP contribution in [0.1, 0.15) is 25.2 Å². The maximum atomic E-state index is 6.00. The lowest BCUT2D eigenvalue weighted by atomic mass is 9.86. The van der Waals surface area contributed by atoms with E-state index in [0.717, 1.165) is 44.7 Å². The predicted octanol–water partition coefficient (Wildman–Crippen LogP) is 8.65. The molecule has 8 aromatic rings. The van der Waals surface area contributed by atoms with Gasteiger partial charge in [-0.1, -0.05) is 36.4 Å². The van der Waals surface area contributed by atoms with Gasteiger partial charge in [-0.25, -0.2) is 9.36 Å². The molecule has 8 rings (SSSR count). The third-order valence-corrected chi connectivity index (χ3v) is 8.86. The van der Waals surface area contributed by atoms with Crippen molar-refractivity contribution in [1.82, 2.24) is 19.6 Å². The third kappa shape index (κ3) is 3.45. The summed E-state index contributed by atoms with van der Waals surface area (Å²) in [5.41, 5.74) is 5.39. The van der Waals surface area contributed by atoms with Crippen molar-refractivity contribution in [2.45, 2.75) is 19.3 Å². The fourth-order valence-electron chi connectivity index (χ4n) is 5.45. The molecule has 0 atom stereocenters. The smallest absolute Gasteiger partial charge is 0.135 e. The highest BCUT2D eigenvalue weighted by molar-refractivity contribution is 7.25. The number of para-hydroxylation sites is 1. The Morgan fingerprint density at radius 3 is 1.95 bits per heavy atom. The molecule has 0 spiro atoms. The summed E-state index contributed by atoms with van der Waals surface area (Å²) in [6.45, 7) is 4.35. The fraction of sp³-hybridized carbons (Fsp3) is 0.0909. The van der Waals surface area contributed by atoms with E-state index >= 15 is 0 Å². The SMILES string of the molecule is CC(C)(c1ccn(-c2ccc3oc4ccccc4c3c2)n1)c1ccn(-c2ccc3sc4ccccc4c3c2)n1. The second kappa shape index (κ2) is 8.16. The van der Waals surface area contributed by atoms with Crippen LogP contribution in [0.4, 0.5) is 0 Å². The summed E-state index contributed by atoms with van der Waals surface area (Å²) in [6, 6.07) is 33.7. The van der Waals surface area contributed by atoms with E-state index in [9.17, 15) is 0 Å². The van der Waals surface area contributed by atoms with Gasteiger partial charge in [0, 0.05) is 43.3 Å². The summed E-state index contributed by atoms with van der Waals surface area (Å²) >= 11 is 1.83. The van der Waals surface area contributed by atoms with Crippen LogP contribution in [-0.2, 0) is 5.41 Å². The van der Waals surface area contributed by atoms with E-state index in [0.29, 0.717) is 0 Å². The zero-order chi connectivity index (χ0) is 26.1. The first-order valence-corrected chi connectivity index (χ1v) is 13.8. The average molecular weight is 525 g/mol. The maximum absolute atomic E-state index is 6.00. The van der Waals surface area contributed by atoms with Crippen molar-refractivity contribution < 1.29 is 4.42 Å². The van der Waals surface area contributed by atoms with E-state index in [1.807, 2.05) is 63.4 Å². The summed E-state index contributed by atoms with van der Waals surface area (Å²) in [5, 5.41) is 14.8. The predicted molar refractivity (Wildman–Crippen MR) is 159 cm³/mol. The zero-order valence-corrected chi connectivity index (χ0v) is 22.3. The van der Waals surface area contributed by atoms with E-state index in [2.05, 4.69) is 80.6 Å². The normalized spacial score (nSPS) is 12.4. The molecule has 0 radical (unpaired) electrons. The molecule has 0 aliphatic rings. The number of aromatic nitrogens is 4. The number of hydrogen-bond acceptors (Lipinski definition) is 4. The van der Waals surface area contributed by atoms with Gasteiger partial charge in [0.05, 0.1) is 28.2 Å². The number of rotatable bonds is 4. The van der Waals surface area contributed by atoms with Gasteiger partial charge in [0.2, 0.25) is 0 Å². The molecule has 4 aromatic heterocycles. The Morgan fingerprint density at radius 1 is 0.590 bits per heavy atom. The van der Waals surface area contributed by atoms with Crippen LogP contribution in [0, 0.1) is 0 Å². The molecule has 4 heterocycles. The monoisotopic (exact) mass is 524 g/mol. The minimum absolute atomic E-state index is 0.373. The van der Waals surface area contributed by atoms with Crippen LogP contribution in [0.5, 0.6) is 0 Å². The van der Waals surface area contributed by atoms with Crippen LogP contribution in [0.25, 0.3) is 53.5 Å². The van der Waals surface area contributed by atoms with E-state index in [4.69, 9.17) is 14.6 Å². The van der Waals surface area contributed by atoms with Gasteiger partial charge in [-0.2, -0.15) is 10.2 Å². The van der Waals surface area contributed by atoms with Crippen LogP contribution in [0.15, 0.2) is 114 Å². The molecule has 6 heteroatoms. The zero-order valence-electron chi connectivity index (χ0n) is 21.5. The maximum Gasteiger partial charge on any atom is 0.135 e. The molecular formula is C33H24N4OS. The van der Waals surface area contributed by atoms with E-state index in [1.165, 1.54) is 20.2 Å². The highest BCUT2D eigenvalue weighted by Gasteiger charge is 2.29. The van der Waals surface area contributed by atoms with Crippen LogP contribution >= 0.6 is 11.3 Å². The minimum atomic E-state index is -0.373. The van der Waals surface area contributed by atoms with Gasteiger partial charge in [0.25, 0.3) is 0 Å². The van der Waals surface area contributed by atoms with Gasteiger partial charge in [-0.15, -0.1) is 11.3 Å². The van der Waals surface area contributed by atoms with Crippen LogP contribution < -0.4 is 0 Å². The van der Waals surface area contributed by atoms with Gasteiger partial charge in [-0.05, 0) is 74.5 Å². The standard InChI is InChI=1S/C33H24N4OS/c1-33(2,31-15-17-36(34-31)21-11-13-28-25(19-21)23-7-3-5-9-27(23)38-28)32-16-18-37(35-32)22-12-14-30-26(20-22)24-8-4-6-10-29(24)39-30/h3-20H,1-2H3. The first kappa shape index (κ1) is 22.3. The van der Waals surface area contributed by atoms with Crippen molar-refractivity contribution in [3.63, 3.8) is 0 Å². The molecule has 0 amide bonds. The first-order chi connectivity index (χ1) is 19.0. The molecule has 0 saturated heterocycles. The Bertz CT molecular complexity index is 2020. The molecule has 0 unspecified atom stereocenters. The van der Waals surface area contributed by atoms with E-state index < -0.39 is 0 Å². The Balaban J connectivity index is 1.14. The van der Waals surface area contributed by atoms with Crippen molar-refractivity contribution in [1.29, 1.82) is 0 Å². The molecule has 188 valence electrons. The molecule has 5 nitrogen and oxygen atoms in total. The van der Waals surface area contributed by atoms with Crippen LogP contribution in [0.2, 0.25) is 0 Å². The van der Waals surface area contributed by atoms with Gasteiger partial charge in [-0.3, -0.25) is 0 Å². The number of furan rings is 1. The van der Waals surface area contributed by atoms with Crippen LogP contribution in [-0.4, -0.2) is 19.6 Å². The minimum Gasteiger partial charge on any atom is -0.456 e. The lowest BCUT2D eigenvalue weighted by Gasteiger charge is -2.19. The van der Waals surface area contributed by atoms with Gasteiger partial charge >= 0.3 is 0 Å². The first-order valence-electron chi connectivity index (χ1n) is 13.0. The van der Waals surface area contributed by atoms with Crippen molar-refractivity contribution in [2.75, 3.05) is 0 Å². The third-order valence-electron chi connectivity index (χ3n) is 7.71. The molecule has 39 heavy (non-hydrogen) atoms. The lowest BCUT2D eigenvalue weighted by Crippen LogP contribution is -2.21. The van der Waals surface area contributed by atoms with E-state index in [-0.39, 0.29) is 5.41 Å². The van der Waals surface area contributed by atoms with Crippen molar-refractivity contribution in [2.24, 2.45) is 0 Å². The van der Waals surface area contributed by atoms with Gasteiger partial charge < -0.3 is 4.42 Å².